The summed E-state index contributed by atoms with van der Waals surface area (Å²) in [6, 6.07) is 28.0. The Hall–Kier alpha value is -5.04. The monoisotopic (exact) mass is 544 g/mol. The standard InChI is InChI=1S/C34H32N4O3/c1-3-19-41-27-16-13-23(14-17-27)28-9-5-6-10-29(28)34(40)37-26-15-12-24-20-25(22-36-32(24)21-26)33(39)38-30(4-2)31-11-7-8-18-35-31/h5-18,20-22,30H,3-4,19H2,1-2H3,(H,37,40)(H,38,39). The van der Waals surface area contributed by atoms with Crippen molar-refractivity contribution in [3.05, 3.63) is 120 Å². The SMILES string of the molecule is CCCOc1ccc(-c2ccccc2C(=O)Nc2ccc3cc(C(=O)NC(CC)c4ccccn4)cnc3c2)cc1. The molecule has 7 heteroatoms. The summed E-state index contributed by atoms with van der Waals surface area (Å²) in [6.07, 6.45) is 4.93. The van der Waals surface area contributed by atoms with E-state index in [0.29, 0.717) is 35.4 Å². The third-order valence-corrected chi connectivity index (χ3v) is 6.77. The maximum absolute atomic E-state index is 13.3. The lowest BCUT2D eigenvalue weighted by Crippen LogP contribution is -2.28. The molecule has 0 saturated carbocycles. The zero-order valence-electron chi connectivity index (χ0n) is 23.1. The third-order valence-electron chi connectivity index (χ3n) is 6.77. The maximum atomic E-state index is 13.3. The van der Waals surface area contributed by atoms with E-state index in [9.17, 15) is 9.59 Å². The van der Waals surface area contributed by atoms with Gasteiger partial charge in [-0.25, -0.2) is 0 Å². The smallest absolute Gasteiger partial charge is 0.256 e. The molecule has 2 heterocycles. The Kier molecular flexibility index (Phi) is 8.64. The number of ether oxygens (including phenoxy) is 1. The number of fused-ring (bicyclic) bond motifs is 1. The van der Waals surface area contributed by atoms with E-state index >= 15 is 0 Å². The molecule has 5 aromatic rings. The Balaban J connectivity index is 1.30. The first-order valence-electron chi connectivity index (χ1n) is 13.8. The van der Waals surface area contributed by atoms with Gasteiger partial charge in [-0.05, 0) is 72.5 Å². The molecule has 2 aromatic heterocycles. The fourth-order valence-electron chi connectivity index (χ4n) is 4.61. The number of benzene rings is 3. The highest BCUT2D eigenvalue weighted by Gasteiger charge is 2.17. The van der Waals surface area contributed by atoms with Crippen LogP contribution in [0.25, 0.3) is 22.0 Å². The van der Waals surface area contributed by atoms with Crippen LogP contribution >= 0.6 is 0 Å². The van der Waals surface area contributed by atoms with E-state index in [2.05, 4.69) is 27.5 Å². The van der Waals surface area contributed by atoms with Crippen molar-refractivity contribution in [1.82, 2.24) is 15.3 Å². The van der Waals surface area contributed by atoms with Gasteiger partial charge in [0.1, 0.15) is 5.75 Å². The molecule has 0 radical (unpaired) electrons. The van der Waals surface area contributed by atoms with Crippen molar-refractivity contribution in [2.75, 3.05) is 11.9 Å². The summed E-state index contributed by atoms with van der Waals surface area (Å²) in [5, 5.41) is 6.84. The molecule has 206 valence electrons. The summed E-state index contributed by atoms with van der Waals surface area (Å²) in [5.41, 5.74) is 4.89. The summed E-state index contributed by atoms with van der Waals surface area (Å²) >= 11 is 0. The van der Waals surface area contributed by atoms with Crippen molar-refractivity contribution in [1.29, 1.82) is 0 Å². The highest BCUT2D eigenvalue weighted by Crippen LogP contribution is 2.27. The molecule has 0 bridgehead atoms. The normalized spacial score (nSPS) is 11.6. The molecule has 0 spiro atoms. The highest BCUT2D eigenvalue weighted by atomic mass is 16.5. The third kappa shape index (κ3) is 6.58. The Morgan fingerprint density at radius 2 is 1.66 bits per heavy atom. The molecule has 0 saturated heterocycles. The van der Waals surface area contributed by atoms with Gasteiger partial charge in [0.05, 0.1) is 29.4 Å². The van der Waals surface area contributed by atoms with Crippen molar-refractivity contribution in [3.8, 4) is 16.9 Å². The number of nitrogens with one attached hydrogen (secondary N) is 2. The molecule has 7 nitrogen and oxygen atoms in total. The largest absolute Gasteiger partial charge is 0.494 e. The molecule has 0 fully saturated rings. The van der Waals surface area contributed by atoms with Gasteiger partial charge in [0.2, 0.25) is 0 Å². The van der Waals surface area contributed by atoms with Gasteiger partial charge in [-0.3, -0.25) is 19.6 Å². The topological polar surface area (TPSA) is 93.2 Å². The first-order chi connectivity index (χ1) is 20.1. The summed E-state index contributed by atoms with van der Waals surface area (Å²) in [4.78, 5) is 35.2. The van der Waals surface area contributed by atoms with E-state index in [1.807, 2.05) is 85.8 Å². The van der Waals surface area contributed by atoms with Crippen LogP contribution in [0.3, 0.4) is 0 Å². The number of anilines is 1. The summed E-state index contributed by atoms with van der Waals surface area (Å²) in [5.74, 6) is 0.374. The molecular formula is C34H32N4O3. The van der Waals surface area contributed by atoms with Crippen LogP contribution in [-0.4, -0.2) is 28.4 Å². The van der Waals surface area contributed by atoms with Gasteiger partial charge in [-0.2, -0.15) is 0 Å². The van der Waals surface area contributed by atoms with Gasteiger partial charge < -0.3 is 15.4 Å². The fraction of sp³-hybridized carbons (Fsp3) is 0.176. The first kappa shape index (κ1) is 27.5. The number of hydrogen-bond acceptors (Lipinski definition) is 5. The lowest BCUT2D eigenvalue weighted by molar-refractivity contribution is 0.0933. The molecule has 0 aliphatic carbocycles. The molecule has 2 N–H and O–H groups in total. The molecule has 1 unspecified atom stereocenters. The molecule has 41 heavy (non-hydrogen) atoms. The number of rotatable bonds is 10. The lowest BCUT2D eigenvalue weighted by Gasteiger charge is -2.16. The van der Waals surface area contributed by atoms with Crippen LogP contribution in [0, 0.1) is 0 Å². The number of carbonyl (C=O) groups excluding carboxylic acids is 2. The molecule has 0 aliphatic rings. The maximum Gasteiger partial charge on any atom is 0.256 e. The van der Waals surface area contributed by atoms with Crippen molar-refractivity contribution in [3.63, 3.8) is 0 Å². The number of aromatic nitrogens is 2. The van der Waals surface area contributed by atoms with Crippen LogP contribution < -0.4 is 15.4 Å². The van der Waals surface area contributed by atoms with Crippen LogP contribution in [0.2, 0.25) is 0 Å². The van der Waals surface area contributed by atoms with E-state index < -0.39 is 0 Å². The number of nitrogens with zero attached hydrogens (tertiary/aromatic N) is 2. The van der Waals surface area contributed by atoms with Gasteiger partial charge >= 0.3 is 0 Å². The van der Waals surface area contributed by atoms with E-state index in [1.54, 1.807) is 24.5 Å². The minimum atomic E-state index is -0.220. The lowest BCUT2D eigenvalue weighted by atomic mass is 9.99. The molecule has 1 atom stereocenters. The summed E-state index contributed by atoms with van der Waals surface area (Å²) < 4.78 is 5.69. The van der Waals surface area contributed by atoms with Crippen LogP contribution in [-0.2, 0) is 0 Å². The van der Waals surface area contributed by atoms with E-state index in [1.165, 1.54) is 0 Å². The van der Waals surface area contributed by atoms with Crippen LogP contribution in [0.5, 0.6) is 5.75 Å². The average Bonchev–Trinajstić information content (AvgIpc) is 3.03. The zero-order chi connectivity index (χ0) is 28.6. The number of amides is 2. The Bertz CT molecular complexity index is 1650. The Labute approximate surface area is 239 Å². The van der Waals surface area contributed by atoms with E-state index in [0.717, 1.165) is 34.4 Å². The van der Waals surface area contributed by atoms with Crippen molar-refractivity contribution in [2.45, 2.75) is 32.7 Å². The van der Waals surface area contributed by atoms with Gasteiger partial charge in [0.15, 0.2) is 0 Å². The Morgan fingerprint density at radius 1 is 0.854 bits per heavy atom. The van der Waals surface area contributed by atoms with Crippen LogP contribution in [0.15, 0.2) is 103 Å². The second-order valence-corrected chi connectivity index (χ2v) is 9.69. The van der Waals surface area contributed by atoms with E-state index in [4.69, 9.17) is 4.74 Å². The number of carbonyl (C=O) groups is 2. The van der Waals surface area contributed by atoms with Gasteiger partial charge in [-0.1, -0.05) is 56.3 Å². The molecule has 2 amide bonds. The highest BCUT2D eigenvalue weighted by molar-refractivity contribution is 6.09. The molecule has 3 aromatic carbocycles. The number of pyridine rings is 2. The van der Waals surface area contributed by atoms with Gasteiger partial charge in [0.25, 0.3) is 11.8 Å². The summed E-state index contributed by atoms with van der Waals surface area (Å²) in [6.45, 7) is 4.74. The van der Waals surface area contributed by atoms with E-state index in [-0.39, 0.29) is 17.9 Å². The van der Waals surface area contributed by atoms with Crippen molar-refractivity contribution >= 4 is 28.4 Å². The van der Waals surface area contributed by atoms with Crippen LogP contribution in [0.4, 0.5) is 5.69 Å². The number of hydrogen-bond donors (Lipinski definition) is 2. The van der Waals surface area contributed by atoms with Crippen LogP contribution in [0.1, 0.15) is 59.1 Å². The Morgan fingerprint density at radius 3 is 2.41 bits per heavy atom. The zero-order valence-corrected chi connectivity index (χ0v) is 23.1. The predicted molar refractivity (Wildman–Crippen MR) is 162 cm³/mol. The minimum absolute atomic E-state index is 0.188. The predicted octanol–water partition coefficient (Wildman–Crippen LogP) is 7.22. The quantitative estimate of drug-likeness (QED) is 0.194. The minimum Gasteiger partial charge on any atom is -0.494 e. The molecule has 0 aliphatic heterocycles. The average molecular weight is 545 g/mol. The molecule has 5 rings (SSSR count). The molecular weight excluding hydrogens is 512 g/mol. The fourth-order valence-corrected chi connectivity index (χ4v) is 4.61. The first-order valence-corrected chi connectivity index (χ1v) is 13.8. The van der Waals surface area contributed by atoms with Gasteiger partial charge in [0, 0.05) is 29.0 Å². The second kappa shape index (κ2) is 12.9. The van der Waals surface area contributed by atoms with Crippen molar-refractivity contribution in [2.24, 2.45) is 0 Å². The van der Waals surface area contributed by atoms with Crippen molar-refractivity contribution < 1.29 is 14.3 Å². The second-order valence-electron chi connectivity index (χ2n) is 9.69. The van der Waals surface area contributed by atoms with Gasteiger partial charge in [-0.15, -0.1) is 0 Å². The summed E-state index contributed by atoms with van der Waals surface area (Å²) in [7, 11) is 0.